The molecule has 44 heteroatoms. The number of morpholine rings is 1. The number of β-amino-alcohol motifs (C(OH)–C–C–N with tert-alkyl or cyclic N) is 1. The fourth-order valence-corrected chi connectivity index (χ4v) is 22.6. The average Bonchev–Trinajstić information content (AvgIpc) is 1.66. The molecule has 5 aliphatic rings. The molecule has 0 radical (unpaired) electrons. The number of aryl methyl sites for hydroxylation is 1. The van der Waals surface area contributed by atoms with Crippen molar-refractivity contribution in [1.82, 2.24) is 49.7 Å². The second-order valence-corrected chi connectivity index (χ2v) is 53.4. The van der Waals surface area contributed by atoms with Gasteiger partial charge in [0.1, 0.15) is 72.0 Å². The lowest BCUT2D eigenvalue weighted by molar-refractivity contribution is 0.0310. The Labute approximate surface area is 853 Å². The van der Waals surface area contributed by atoms with Gasteiger partial charge in [0.15, 0.2) is 33.1 Å². The molecule has 4 aromatic heterocycles. The van der Waals surface area contributed by atoms with Crippen LogP contribution < -0.4 is 92.4 Å². The van der Waals surface area contributed by atoms with Crippen molar-refractivity contribution in [3.63, 3.8) is 0 Å². The first-order valence-electron chi connectivity index (χ1n) is 46.1. The highest BCUT2D eigenvalue weighted by molar-refractivity contribution is 7.92. The van der Waals surface area contributed by atoms with Crippen LogP contribution in [0.3, 0.4) is 0 Å². The Kier molecular flexibility index (Phi) is 35.0. The Morgan fingerprint density at radius 2 is 0.902 bits per heavy atom. The van der Waals surface area contributed by atoms with Crippen molar-refractivity contribution < 1.29 is 65.5 Å². The lowest BCUT2D eigenvalue weighted by atomic mass is 9.96. The molecule has 1 amide bonds. The number of carbonyl (C=O) groups is 1. The van der Waals surface area contributed by atoms with Gasteiger partial charge in [-0.25, -0.2) is 38.2 Å². The van der Waals surface area contributed by atoms with Crippen molar-refractivity contribution >= 4 is 222 Å². The van der Waals surface area contributed by atoms with Crippen LogP contribution in [-0.4, -0.2) is 252 Å². The number of hydrogen-bond donors (Lipinski definition) is 9. The molecule has 0 unspecified atom stereocenters. The third kappa shape index (κ3) is 28.4. The van der Waals surface area contributed by atoms with Gasteiger partial charge in [-0.05, 0) is 227 Å². The molecule has 8 heterocycles. The summed E-state index contributed by atoms with van der Waals surface area (Å²) in [6.07, 6.45) is 9.29. The van der Waals surface area contributed by atoms with Gasteiger partial charge in [0.2, 0.25) is 23.8 Å². The normalized spacial score (nSPS) is 15.2. The standard InChI is InChI=1S/C31H41ClN7O4P.C23H27ClN5O3P.C23H27ClN5O2P.C22H24ClN4O5PS/c1-37-14-7-15-39(19-18-37)31(40)43-23-12-16-38(17-13-23)22-10-11-25(27(20-22)42-2)35-30-33-21-24(32)29(36-30)34-26-8-5-6-9-28(26)44(3,4)41;1-23(30)13-29(14-23)15-9-10-17(19(11-15)32-2)27-22-25-12-16(24)21(28-22)26-18-7-5-6-8-20(18)33(3,4)31;1-16-14-19(32(2,3)30)8-9-21(16)27-23-25-15-20(24)22(28-23)26-17-4-6-18(7-5-17)29-10-12-31-13-11-29;1-32-19-12-14(33(2,3)29)8-11-17(19)25-22-24-13-16(23)21(26-22)27(28)18-6-4-5-7-20(18)34(30,31)15-9-10-15/h5-6,8-11,20-21,23H,7,12-19H2,1-4H3,(H2,33,34,35,36);5-12,30H,13-14H2,1-4H3,(H2,25,26,27,28);4-9,14-15H,10-13H2,1-3H3,(H2,25,26,27,28);4-8,11-13,15,28H,9-10H2,1-3H3,(H,24,25,26). The minimum Gasteiger partial charge on any atom is -0.495 e. The number of nitrogens with zero attached hydrogens (tertiary/aromatic N) is 14. The van der Waals surface area contributed by atoms with Gasteiger partial charge in [-0.15, -0.1) is 0 Å². The zero-order valence-electron chi connectivity index (χ0n) is 81.9. The number of anilines is 19. The van der Waals surface area contributed by atoms with E-state index in [0.29, 0.717) is 144 Å². The Bertz CT molecular complexity index is 6890. The van der Waals surface area contributed by atoms with Gasteiger partial charge in [0.25, 0.3) is 0 Å². The fraction of sp³-hybridized carbons (Fsp3) is 0.343. The molecule has 1 aliphatic carbocycles. The van der Waals surface area contributed by atoms with Gasteiger partial charge in [0, 0.05) is 134 Å². The molecule has 9 N–H and O–H groups in total. The number of methoxy groups -OCH3 is 3. The molecule has 17 rings (SSSR count). The molecule has 758 valence electrons. The number of para-hydroxylation sites is 3. The van der Waals surface area contributed by atoms with Crippen molar-refractivity contribution in [3.8, 4) is 17.2 Å². The largest absolute Gasteiger partial charge is 0.495 e. The van der Waals surface area contributed by atoms with Crippen LogP contribution in [0.5, 0.6) is 17.2 Å². The maximum Gasteiger partial charge on any atom is 0.410 e. The van der Waals surface area contributed by atoms with E-state index >= 15 is 0 Å². The first-order chi connectivity index (χ1) is 68.0. The summed E-state index contributed by atoms with van der Waals surface area (Å²) in [5.41, 5.74) is 8.50. The van der Waals surface area contributed by atoms with Gasteiger partial charge in [-0.3, -0.25) is 5.21 Å². The van der Waals surface area contributed by atoms with E-state index in [-0.39, 0.29) is 39.6 Å². The number of hydrogen-bond acceptors (Lipinski definition) is 34. The number of sulfone groups is 1. The van der Waals surface area contributed by atoms with Crippen LogP contribution in [0.4, 0.5) is 114 Å². The van der Waals surface area contributed by atoms with Crippen LogP contribution in [0.25, 0.3) is 0 Å². The molecule has 12 aromatic rings. The maximum atomic E-state index is 12.9. The summed E-state index contributed by atoms with van der Waals surface area (Å²) in [4.78, 5) is 58.5. The highest BCUT2D eigenvalue weighted by Crippen LogP contribution is 2.46. The number of ether oxygens (including phenoxy) is 5. The summed E-state index contributed by atoms with van der Waals surface area (Å²) < 4.78 is 104. The first kappa shape index (κ1) is 107. The van der Waals surface area contributed by atoms with E-state index in [0.717, 1.165) is 123 Å². The Balaban J connectivity index is 0.000000153. The second-order valence-electron chi connectivity index (χ2n) is 36.7. The molecule has 4 saturated heterocycles. The number of halogens is 4. The van der Waals surface area contributed by atoms with Crippen LogP contribution in [0, 0.1) is 6.92 Å². The molecular formula is C99H119Cl4N21O14P4S. The molecule has 143 heavy (non-hydrogen) atoms. The predicted molar refractivity (Wildman–Crippen MR) is 579 cm³/mol. The zero-order chi connectivity index (χ0) is 102. The van der Waals surface area contributed by atoms with E-state index in [9.17, 15) is 41.8 Å². The van der Waals surface area contributed by atoms with E-state index in [1.807, 2.05) is 134 Å². The van der Waals surface area contributed by atoms with E-state index < -0.39 is 49.3 Å². The number of piperidine rings is 1. The lowest BCUT2D eigenvalue weighted by Gasteiger charge is -2.45. The Morgan fingerprint density at radius 3 is 1.39 bits per heavy atom. The minimum absolute atomic E-state index is 0.00464. The third-order valence-electron chi connectivity index (χ3n) is 24.0. The quantitative estimate of drug-likeness (QED) is 0.0155. The van der Waals surface area contributed by atoms with Crippen molar-refractivity contribution in [2.75, 3.05) is 217 Å². The van der Waals surface area contributed by atoms with Gasteiger partial charge < -0.3 is 109 Å². The smallest absolute Gasteiger partial charge is 0.410 e. The van der Waals surface area contributed by atoms with Gasteiger partial charge in [-0.1, -0.05) is 82.8 Å². The number of amides is 1. The summed E-state index contributed by atoms with van der Waals surface area (Å²) in [5, 5.41) is 47.5. The molecule has 0 atom stereocenters. The van der Waals surface area contributed by atoms with Crippen molar-refractivity contribution in [2.45, 2.75) is 67.8 Å². The third-order valence-corrected chi connectivity index (χ3v) is 33.5. The van der Waals surface area contributed by atoms with Gasteiger partial charge >= 0.3 is 6.09 Å². The SMILES string of the molecule is COc1cc(N2CC(C)(O)C2)ccc1Nc1ncc(Cl)c(Nc2ccccc2P(C)(C)=O)n1.COc1cc(N2CCC(OC(=O)N3CCCN(C)CC3)CC2)ccc1Nc1ncc(Cl)c(Nc2ccccc2P(C)(C)=O)n1.COc1cc(P(C)(C)=O)ccc1Nc1ncc(Cl)c(N(O)c2ccccc2S(=O)(=O)C2CC2)n1.Cc1cc(P(C)(C)=O)ccc1Nc1ncc(Cl)c(Nc2ccc(N3CCOCC3)cc2)n1. The number of carbonyl (C=O) groups excluding carboxylic acids is 1. The molecule has 0 bridgehead atoms. The topological polar surface area (TPSA) is 413 Å². The van der Waals surface area contributed by atoms with Gasteiger partial charge in [-0.2, -0.15) is 19.9 Å². The molecule has 1 saturated carbocycles. The van der Waals surface area contributed by atoms with E-state index in [2.05, 4.69) is 116 Å². The summed E-state index contributed by atoms with van der Waals surface area (Å²) in [6.45, 7) is 26.9. The van der Waals surface area contributed by atoms with E-state index in [1.54, 1.807) is 104 Å². The zero-order valence-corrected chi connectivity index (χ0v) is 89.3. The highest BCUT2D eigenvalue weighted by Gasteiger charge is 2.40. The number of benzene rings is 8. The van der Waals surface area contributed by atoms with Crippen LogP contribution in [0.1, 0.15) is 44.6 Å². The number of aromatic nitrogens is 8. The van der Waals surface area contributed by atoms with Gasteiger partial charge in [0.05, 0.1) is 109 Å². The fourth-order valence-electron chi connectivity index (χ4n) is 16.0. The average molecular weight is 2120 g/mol. The van der Waals surface area contributed by atoms with E-state index in [4.69, 9.17) is 70.1 Å². The van der Waals surface area contributed by atoms with Crippen LogP contribution >= 0.6 is 75.0 Å². The molecule has 5 fully saturated rings. The summed E-state index contributed by atoms with van der Waals surface area (Å²) >= 11 is 25.4. The monoisotopic (exact) mass is 2120 g/mol. The molecule has 35 nitrogen and oxygen atoms in total. The highest BCUT2D eigenvalue weighted by atomic mass is 35.5. The predicted octanol–water partition coefficient (Wildman–Crippen LogP) is 19.7. The summed E-state index contributed by atoms with van der Waals surface area (Å²) in [6, 6.07) is 51.6. The second kappa shape index (κ2) is 46.6. The van der Waals surface area contributed by atoms with Crippen molar-refractivity contribution in [2.24, 2.45) is 0 Å². The molecule has 0 spiro atoms. The molecule has 4 aliphatic heterocycles. The minimum atomic E-state index is -3.59. The molecular weight excluding hydrogens is 2000 g/mol. The number of aliphatic hydroxyl groups is 1. The Morgan fingerprint density at radius 1 is 0.469 bits per heavy atom. The number of nitrogens with one attached hydrogen (secondary N) is 7. The van der Waals surface area contributed by atoms with Crippen LogP contribution in [0.15, 0.2) is 200 Å². The van der Waals surface area contributed by atoms with Crippen LogP contribution in [-0.2, 0) is 37.6 Å². The summed E-state index contributed by atoms with van der Waals surface area (Å²) in [7, 11) is -6.63. The lowest BCUT2D eigenvalue weighted by Crippen LogP contribution is -2.60. The van der Waals surface area contributed by atoms with Crippen molar-refractivity contribution in [3.05, 3.63) is 220 Å². The number of likely N-dealkylation sites (N-methyl/N-ethyl adjacent to an activating group) is 1. The van der Waals surface area contributed by atoms with E-state index in [1.165, 1.54) is 37.8 Å². The molecule has 8 aromatic carbocycles. The first-order valence-corrected chi connectivity index (χ1v) is 59.6. The maximum absolute atomic E-state index is 12.9. The van der Waals surface area contributed by atoms with Crippen LogP contribution in [0.2, 0.25) is 20.1 Å². The Hall–Kier alpha value is -11.6. The van der Waals surface area contributed by atoms with Crippen molar-refractivity contribution in [1.29, 1.82) is 0 Å². The number of rotatable bonds is 29. The summed E-state index contributed by atoms with van der Waals surface area (Å²) in [5.74, 6) is 4.07.